The molecule has 1 aromatic heterocycles. The highest BCUT2D eigenvalue weighted by Gasteiger charge is 2.10. The molecule has 0 radical (unpaired) electrons. The third kappa shape index (κ3) is 2.78. The lowest BCUT2D eigenvalue weighted by Gasteiger charge is -2.17. The van der Waals surface area contributed by atoms with E-state index in [4.69, 9.17) is 5.73 Å². The van der Waals surface area contributed by atoms with E-state index in [0.717, 1.165) is 11.1 Å². The second-order valence-corrected chi connectivity index (χ2v) is 4.22. The number of benzene rings is 1. The third-order valence-electron chi connectivity index (χ3n) is 2.85. The number of anilines is 2. The van der Waals surface area contributed by atoms with Crippen LogP contribution in [0.4, 0.5) is 11.5 Å². The van der Waals surface area contributed by atoms with E-state index in [9.17, 15) is 5.11 Å². The van der Waals surface area contributed by atoms with Gasteiger partial charge in [0, 0.05) is 18.0 Å². The predicted molar refractivity (Wildman–Crippen MR) is 73.3 cm³/mol. The number of aryl methyl sites for hydroxylation is 1. The van der Waals surface area contributed by atoms with Crippen LogP contribution >= 0.6 is 0 Å². The van der Waals surface area contributed by atoms with E-state index >= 15 is 0 Å². The number of aliphatic hydroxyl groups excluding tert-OH is 1. The van der Waals surface area contributed by atoms with Crippen LogP contribution in [0.2, 0.25) is 0 Å². The predicted octanol–water partition coefficient (Wildman–Crippen LogP) is 2.12. The van der Waals surface area contributed by atoms with E-state index in [1.165, 1.54) is 0 Å². The fourth-order valence-corrected chi connectivity index (χ4v) is 1.72. The number of nitrogens with zero attached hydrogens (tertiary/aromatic N) is 1. The Kier molecular flexibility index (Phi) is 3.79. The molecule has 94 valence electrons. The minimum atomic E-state index is -0.180. The number of rotatable bonds is 4. The van der Waals surface area contributed by atoms with Gasteiger partial charge in [-0.3, -0.25) is 0 Å². The third-order valence-corrected chi connectivity index (χ3v) is 2.85. The number of aliphatic hydroxyl groups is 1. The maximum atomic E-state index is 9.44. The molecule has 1 heterocycles. The quantitative estimate of drug-likeness (QED) is 0.769. The van der Waals surface area contributed by atoms with Crippen LogP contribution in [0, 0.1) is 6.92 Å². The summed E-state index contributed by atoms with van der Waals surface area (Å²) in [4.78, 5) is 4.25. The van der Waals surface area contributed by atoms with Crippen molar-refractivity contribution in [2.75, 3.05) is 17.7 Å². The van der Waals surface area contributed by atoms with Crippen LogP contribution in [-0.4, -0.2) is 16.7 Å². The molecular weight excluding hydrogens is 226 g/mol. The molecule has 0 saturated heterocycles. The van der Waals surface area contributed by atoms with Crippen molar-refractivity contribution in [3.8, 4) is 0 Å². The van der Waals surface area contributed by atoms with E-state index in [1.807, 2.05) is 37.3 Å². The summed E-state index contributed by atoms with van der Waals surface area (Å²) >= 11 is 0. The first-order valence-electron chi connectivity index (χ1n) is 5.85. The normalized spacial score (nSPS) is 12.1. The molecule has 0 spiro atoms. The summed E-state index contributed by atoms with van der Waals surface area (Å²) in [5, 5.41) is 12.6. The Morgan fingerprint density at radius 1 is 1.33 bits per heavy atom. The molecule has 0 amide bonds. The van der Waals surface area contributed by atoms with Gasteiger partial charge in [-0.05, 0) is 18.1 Å². The SMILES string of the molecule is Cc1cnc(NC(CO)c2ccccc2)cc1N. The summed E-state index contributed by atoms with van der Waals surface area (Å²) in [6.45, 7) is 1.91. The molecule has 0 aliphatic carbocycles. The summed E-state index contributed by atoms with van der Waals surface area (Å²) in [6.07, 6.45) is 1.72. The molecule has 18 heavy (non-hydrogen) atoms. The fourth-order valence-electron chi connectivity index (χ4n) is 1.72. The molecule has 4 N–H and O–H groups in total. The average molecular weight is 243 g/mol. The molecule has 4 nitrogen and oxygen atoms in total. The molecule has 1 unspecified atom stereocenters. The van der Waals surface area contributed by atoms with E-state index in [1.54, 1.807) is 12.3 Å². The highest BCUT2D eigenvalue weighted by molar-refractivity contribution is 5.54. The molecule has 0 saturated carbocycles. The van der Waals surface area contributed by atoms with Crippen molar-refractivity contribution in [1.82, 2.24) is 4.98 Å². The van der Waals surface area contributed by atoms with Gasteiger partial charge < -0.3 is 16.2 Å². The van der Waals surface area contributed by atoms with E-state index < -0.39 is 0 Å². The topological polar surface area (TPSA) is 71.2 Å². The van der Waals surface area contributed by atoms with Gasteiger partial charge >= 0.3 is 0 Å². The van der Waals surface area contributed by atoms with Gasteiger partial charge in [-0.25, -0.2) is 4.98 Å². The molecule has 0 bridgehead atoms. The Labute approximate surface area is 106 Å². The van der Waals surface area contributed by atoms with Crippen LogP contribution in [0.15, 0.2) is 42.6 Å². The zero-order valence-corrected chi connectivity index (χ0v) is 10.3. The molecule has 4 heteroatoms. The maximum Gasteiger partial charge on any atom is 0.128 e. The Morgan fingerprint density at radius 2 is 2.06 bits per heavy atom. The van der Waals surface area contributed by atoms with Crippen LogP contribution in [0.25, 0.3) is 0 Å². The Morgan fingerprint density at radius 3 is 2.67 bits per heavy atom. The number of pyridine rings is 1. The summed E-state index contributed by atoms with van der Waals surface area (Å²) in [6, 6.07) is 11.4. The van der Waals surface area contributed by atoms with Gasteiger partial charge in [0.2, 0.25) is 0 Å². The highest BCUT2D eigenvalue weighted by Crippen LogP contribution is 2.20. The van der Waals surface area contributed by atoms with Gasteiger partial charge in [-0.15, -0.1) is 0 Å². The van der Waals surface area contributed by atoms with Crippen molar-refractivity contribution >= 4 is 11.5 Å². The number of hydrogen-bond acceptors (Lipinski definition) is 4. The summed E-state index contributed by atoms with van der Waals surface area (Å²) in [7, 11) is 0. The lowest BCUT2D eigenvalue weighted by molar-refractivity contribution is 0.276. The first kappa shape index (κ1) is 12.4. The van der Waals surface area contributed by atoms with E-state index in [2.05, 4.69) is 10.3 Å². The molecule has 0 aliphatic heterocycles. The molecule has 1 atom stereocenters. The van der Waals surface area contributed by atoms with Gasteiger partial charge in [0.05, 0.1) is 12.6 Å². The maximum absolute atomic E-state index is 9.44. The highest BCUT2D eigenvalue weighted by atomic mass is 16.3. The zero-order valence-electron chi connectivity index (χ0n) is 10.3. The first-order valence-corrected chi connectivity index (χ1v) is 5.85. The van der Waals surface area contributed by atoms with Gasteiger partial charge in [-0.1, -0.05) is 30.3 Å². The van der Waals surface area contributed by atoms with Crippen molar-refractivity contribution in [3.63, 3.8) is 0 Å². The van der Waals surface area contributed by atoms with Crippen molar-refractivity contribution in [3.05, 3.63) is 53.7 Å². The molecule has 1 aromatic carbocycles. The largest absolute Gasteiger partial charge is 0.398 e. The van der Waals surface area contributed by atoms with Gasteiger partial charge in [-0.2, -0.15) is 0 Å². The second kappa shape index (κ2) is 5.51. The lowest BCUT2D eigenvalue weighted by atomic mass is 10.1. The van der Waals surface area contributed by atoms with Gasteiger partial charge in [0.15, 0.2) is 0 Å². The summed E-state index contributed by atoms with van der Waals surface area (Å²) in [5.41, 5.74) is 8.49. The number of aromatic nitrogens is 1. The minimum Gasteiger partial charge on any atom is -0.398 e. The average Bonchev–Trinajstić information content (AvgIpc) is 2.41. The number of nitrogens with two attached hydrogens (primary N) is 1. The van der Waals surface area contributed by atoms with Crippen LogP contribution in [0.3, 0.4) is 0 Å². The molecule has 0 fully saturated rings. The van der Waals surface area contributed by atoms with Crippen LogP contribution in [0.1, 0.15) is 17.2 Å². The fraction of sp³-hybridized carbons (Fsp3) is 0.214. The first-order chi connectivity index (χ1) is 8.70. The summed E-state index contributed by atoms with van der Waals surface area (Å²) in [5.74, 6) is 0.668. The standard InChI is InChI=1S/C14H17N3O/c1-10-8-16-14(7-12(10)15)17-13(9-18)11-5-3-2-4-6-11/h2-8,13,18H,9H2,1H3,(H3,15,16,17). The molecule has 2 aromatic rings. The Balaban J connectivity index is 2.18. The monoisotopic (exact) mass is 243 g/mol. The molecule has 2 rings (SSSR count). The zero-order chi connectivity index (χ0) is 13.0. The van der Waals surface area contributed by atoms with E-state index in [-0.39, 0.29) is 12.6 Å². The molecule has 0 aliphatic rings. The number of nitrogen functional groups attached to an aromatic ring is 1. The summed E-state index contributed by atoms with van der Waals surface area (Å²) < 4.78 is 0. The van der Waals surface area contributed by atoms with Crippen LogP contribution < -0.4 is 11.1 Å². The van der Waals surface area contributed by atoms with Gasteiger partial charge in [0.1, 0.15) is 5.82 Å². The number of hydrogen-bond donors (Lipinski definition) is 3. The Hall–Kier alpha value is -2.07. The number of nitrogens with one attached hydrogen (secondary N) is 1. The van der Waals surface area contributed by atoms with Crippen molar-refractivity contribution in [1.29, 1.82) is 0 Å². The van der Waals surface area contributed by atoms with Gasteiger partial charge in [0.25, 0.3) is 0 Å². The second-order valence-electron chi connectivity index (χ2n) is 4.22. The van der Waals surface area contributed by atoms with Crippen molar-refractivity contribution in [2.24, 2.45) is 0 Å². The Bertz CT molecular complexity index is 514. The smallest absolute Gasteiger partial charge is 0.128 e. The van der Waals surface area contributed by atoms with E-state index in [0.29, 0.717) is 11.5 Å². The van der Waals surface area contributed by atoms with Crippen LogP contribution in [-0.2, 0) is 0 Å². The van der Waals surface area contributed by atoms with Crippen molar-refractivity contribution in [2.45, 2.75) is 13.0 Å². The minimum absolute atomic E-state index is 0.000521. The van der Waals surface area contributed by atoms with Crippen molar-refractivity contribution < 1.29 is 5.11 Å². The lowest BCUT2D eigenvalue weighted by Crippen LogP contribution is -2.15. The molecular formula is C14H17N3O. The van der Waals surface area contributed by atoms with Crippen LogP contribution in [0.5, 0.6) is 0 Å².